The number of aliphatic carboxylic acids is 1. The van der Waals surface area contributed by atoms with Crippen molar-refractivity contribution in [1.29, 1.82) is 0 Å². The molecular formula is C34H42F4N6O6Si. The number of carboxylic acid groups (broad SMARTS) is 2. The number of carboxylic acids is 1. The number of nitrogens with one attached hydrogen (secondary N) is 4. The number of likely N-dealkylation sites (tertiary alicyclic amines) is 1. The zero-order valence-electron chi connectivity index (χ0n) is 29.1. The number of anilines is 5. The molecule has 0 unspecified atom stereocenters. The Kier molecular flexibility index (Phi) is 11.5. The largest absolute Gasteiger partial charge is 0.543 e. The third kappa shape index (κ3) is 9.88. The Balaban J connectivity index is 0.000000755. The van der Waals surface area contributed by atoms with Crippen molar-refractivity contribution in [3.8, 4) is 5.75 Å². The smallest absolute Gasteiger partial charge is 0.490 e. The Labute approximate surface area is 293 Å². The first-order chi connectivity index (χ1) is 23.6. The first kappa shape index (κ1) is 38.9. The highest BCUT2D eigenvalue weighted by Crippen LogP contribution is 2.40. The van der Waals surface area contributed by atoms with Gasteiger partial charge >= 0.3 is 18.2 Å². The number of benzene rings is 2. The van der Waals surface area contributed by atoms with E-state index in [1.807, 2.05) is 25.1 Å². The van der Waals surface area contributed by atoms with Crippen molar-refractivity contribution in [3.63, 3.8) is 0 Å². The Bertz CT molecular complexity index is 1800. The number of piperidine rings is 1. The van der Waals surface area contributed by atoms with E-state index in [4.69, 9.17) is 19.4 Å². The van der Waals surface area contributed by atoms with Crippen molar-refractivity contribution in [3.05, 3.63) is 65.1 Å². The van der Waals surface area contributed by atoms with Gasteiger partial charge in [0.2, 0.25) is 8.32 Å². The fraction of sp³-hybridized carbons (Fsp3) is 0.412. The number of pyridine rings is 1. The van der Waals surface area contributed by atoms with Crippen LogP contribution in [-0.2, 0) is 11.3 Å². The van der Waals surface area contributed by atoms with E-state index < -0.39 is 32.4 Å². The van der Waals surface area contributed by atoms with Crippen LogP contribution in [0.1, 0.15) is 55.1 Å². The molecule has 0 bridgehead atoms. The molecule has 0 spiro atoms. The molecule has 3 aromatic rings. The number of hydrogen-bond donors (Lipinski definition) is 6. The monoisotopic (exact) mass is 734 g/mol. The molecule has 6 N–H and O–H groups in total. The molecule has 2 aliphatic rings. The van der Waals surface area contributed by atoms with Gasteiger partial charge in [0.25, 0.3) is 5.91 Å². The first-order valence-electron chi connectivity index (χ1n) is 16.1. The van der Waals surface area contributed by atoms with Crippen LogP contribution in [0.5, 0.6) is 5.75 Å². The van der Waals surface area contributed by atoms with Crippen molar-refractivity contribution in [1.82, 2.24) is 15.2 Å². The minimum absolute atomic E-state index is 0.0315. The standard InChI is InChI=1S/C32H41FN6O4Si.C2HF3O2/c1-19-14-22(33)25(16-27(19)43-44(5,6)32(2,3)4)36-24-11-12-34-29-28(24)30(40)38-26-15-20(9-10-23(26)37-29)17-39-13-7-8-21(18-39)35-31(41)42;3-2(4,5)1(6)7/h9-12,14-16,21,35H,7-8,13,17-18H2,1-6H3,(H,38,40)(H,41,42)(H2,34,36,37);(H,6,7)/t21-;/m1./s1. The van der Waals surface area contributed by atoms with E-state index >= 15 is 4.39 Å². The summed E-state index contributed by atoms with van der Waals surface area (Å²) in [5.41, 5.74) is 3.83. The van der Waals surface area contributed by atoms with Gasteiger partial charge in [-0.2, -0.15) is 13.2 Å². The molecule has 0 radical (unpaired) electrons. The van der Waals surface area contributed by atoms with Crippen molar-refractivity contribution in [2.24, 2.45) is 0 Å². The predicted molar refractivity (Wildman–Crippen MR) is 187 cm³/mol. The predicted octanol–water partition coefficient (Wildman–Crippen LogP) is 7.83. The number of nitrogens with zero attached hydrogens (tertiary/aromatic N) is 2. The number of hydrogen-bond acceptors (Lipinski definition) is 8. The number of alkyl halides is 3. The maximum absolute atomic E-state index is 15.3. The van der Waals surface area contributed by atoms with Crippen LogP contribution in [0.2, 0.25) is 18.1 Å². The molecule has 276 valence electrons. The first-order valence-corrected chi connectivity index (χ1v) is 19.0. The third-order valence-corrected chi connectivity index (χ3v) is 13.3. The molecular weight excluding hydrogens is 692 g/mol. The number of aromatic nitrogens is 1. The lowest BCUT2D eigenvalue weighted by Crippen LogP contribution is -2.46. The average Bonchev–Trinajstić information content (AvgIpc) is 3.14. The Hall–Kier alpha value is -4.90. The number of amides is 2. The van der Waals surface area contributed by atoms with Gasteiger partial charge in [-0.1, -0.05) is 26.8 Å². The quantitative estimate of drug-likeness (QED) is 0.104. The van der Waals surface area contributed by atoms with Gasteiger partial charge in [0.15, 0.2) is 0 Å². The Morgan fingerprint density at radius 3 is 2.37 bits per heavy atom. The van der Waals surface area contributed by atoms with Crippen molar-refractivity contribution in [2.75, 3.05) is 29.0 Å². The minimum atomic E-state index is -5.08. The number of fused-ring (bicyclic) bond motifs is 2. The van der Waals surface area contributed by atoms with E-state index in [-0.39, 0.29) is 28.2 Å². The Morgan fingerprint density at radius 2 is 1.75 bits per heavy atom. The zero-order valence-corrected chi connectivity index (χ0v) is 30.1. The zero-order chi connectivity index (χ0) is 37.9. The van der Waals surface area contributed by atoms with Gasteiger partial charge in [-0.25, -0.2) is 19.0 Å². The van der Waals surface area contributed by atoms with Gasteiger partial charge in [-0.05, 0) is 79.8 Å². The van der Waals surface area contributed by atoms with E-state index in [1.54, 1.807) is 18.3 Å². The number of carbonyl (C=O) groups is 3. The summed E-state index contributed by atoms with van der Waals surface area (Å²) >= 11 is 0. The number of carbonyl (C=O) groups excluding carboxylic acids is 1. The third-order valence-electron chi connectivity index (χ3n) is 8.95. The van der Waals surface area contributed by atoms with Gasteiger partial charge in [0.05, 0.1) is 22.7 Å². The highest BCUT2D eigenvalue weighted by molar-refractivity contribution is 6.74. The van der Waals surface area contributed by atoms with Crippen LogP contribution in [0.3, 0.4) is 0 Å². The average molecular weight is 735 g/mol. The summed E-state index contributed by atoms with van der Waals surface area (Å²) < 4.78 is 53.5. The molecule has 17 heteroatoms. The highest BCUT2D eigenvalue weighted by Gasteiger charge is 2.40. The lowest BCUT2D eigenvalue weighted by molar-refractivity contribution is -0.192. The topological polar surface area (TPSA) is 165 Å². The van der Waals surface area contributed by atoms with E-state index in [0.717, 1.165) is 24.9 Å². The molecule has 3 heterocycles. The summed E-state index contributed by atoms with van der Waals surface area (Å²) in [5, 5.41) is 28.2. The molecule has 2 aromatic carbocycles. The van der Waals surface area contributed by atoms with Gasteiger partial charge in [-0.3, -0.25) is 9.69 Å². The lowest BCUT2D eigenvalue weighted by atomic mass is 10.0. The highest BCUT2D eigenvalue weighted by atomic mass is 28.4. The van der Waals surface area contributed by atoms with Crippen molar-refractivity contribution in [2.45, 2.75) is 77.4 Å². The molecule has 12 nitrogen and oxygen atoms in total. The second-order valence-corrected chi connectivity index (χ2v) is 18.7. The molecule has 2 amide bonds. The van der Waals surface area contributed by atoms with Crippen LogP contribution >= 0.6 is 0 Å². The van der Waals surface area contributed by atoms with E-state index in [2.05, 4.69) is 65.0 Å². The molecule has 1 saturated heterocycles. The van der Waals surface area contributed by atoms with Crippen LogP contribution in [0, 0.1) is 12.7 Å². The number of rotatable bonds is 7. The molecule has 0 aliphatic carbocycles. The normalized spacial score (nSPS) is 16.2. The summed E-state index contributed by atoms with van der Waals surface area (Å²) in [6.07, 6.45) is -2.82. The van der Waals surface area contributed by atoms with Crippen molar-refractivity contribution < 1.29 is 46.6 Å². The van der Waals surface area contributed by atoms with Gasteiger partial charge < -0.3 is 35.9 Å². The lowest BCUT2D eigenvalue weighted by Gasteiger charge is -2.37. The molecule has 1 aromatic heterocycles. The second kappa shape index (κ2) is 15.1. The SMILES string of the molecule is Cc1cc(F)c(Nc2ccnc3c2C(=O)Nc2cc(CN4CCC[C@@H](NC(=O)O)C4)ccc2N3)cc1O[Si](C)(C)C(C)(C)C.O=C(O)C(F)(F)F. The summed E-state index contributed by atoms with van der Waals surface area (Å²) in [6, 6.07) is 10.4. The second-order valence-electron chi connectivity index (χ2n) is 14.0. The summed E-state index contributed by atoms with van der Waals surface area (Å²) in [7, 11) is -2.18. The van der Waals surface area contributed by atoms with Crippen LogP contribution in [-0.4, -0.2) is 71.7 Å². The molecule has 51 heavy (non-hydrogen) atoms. The maximum Gasteiger partial charge on any atom is 0.490 e. The summed E-state index contributed by atoms with van der Waals surface area (Å²) in [6.45, 7) is 14.7. The van der Waals surface area contributed by atoms with Gasteiger partial charge in [-0.15, -0.1) is 0 Å². The number of aryl methyl sites for hydroxylation is 1. The van der Waals surface area contributed by atoms with Crippen LogP contribution in [0.4, 0.5) is 50.9 Å². The summed E-state index contributed by atoms with van der Waals surface area (Å²) in [4.78, 5) is 40.2. The molecule has 1 fully saturated rings. The fourth-order valence-corrected chi connectivity index (χ4v) is 6.36. The van der Waals surface area contributed by atoms with Crippen LogP contribution in [0.15, 0.2) is 42.6 Å². The molecule has 5 rings (SSSR count). The maximum atomic E-state index is 15.3. The van der Waals surface area contributed by atoms with Gasteiger partial charge in [0.1, 0.15) is 22.9 Å². The van der Waals surface area contributed by atoms with E-state index in [9.17, 15) is 22.8 Å². The Morgan fingerprint density at radius 1 is 1.06 bits per heavy atom. The van der Waals surface area contributed by atoms with Crippen LogP contribution < -0.4 is 25.7 Å². The summed E-state index contributed by atoms with van der Waals surface area (Å²) in [5.74, 6) is -2.63. The van der Waals surface area contributed by atoms with Crippen molar-refractivity contribution >= 4 is 54.9 Å². The molecule has 1 atom stereocenters. The van der Waals surface area contributed by atoms with E-state index in [1.165, 1.54) is 6.07 Å². The minimum Gasteiger partial charge on any atom is -0.543 e. The van der Waals surface area contributed by atoms with Gasteiger partial charge in [0, 0.05) is 31.4 Å². The van der Waals surface area contributed by atoms with Crippen LogP contribution in [0.25, 0.3) is 0 Å². The number of halogens is 4. The fourth-order valence-electron chi connectivity index (χ4n) is 5.29. The molecule has 2 aliphatic heterocycles. The van der Waals surface area contributed by atoms with E-state index in [0.29, 0.717) is 47.3 Å². The molecule has 0 saturated carbocycles.